The van der Waals surface area contributed by atoms with Crippen molar-refractivity contribution in [3.63, 3.8) is 0 Å². The molecule has 7 nitrogen and oxygen atoms in total. The highest BCUT2D eigenvalue weighted by Gasteiger charge is 2.18. The van der Waals surface area contributed by atoms with Crippen molar-refractivity contribution in [2.75, 3.05) is 31.1 Å². The van der Waals surface area contributed by atoms with Crippen molar-refractivity contribution in [1.29, 1.82) is 0 Å². The Morgan fingerprint density at radius 2 is 1.74 bits per heavy atom. The number of fused-ring (bicyclic) bond motifs is 1. The molecule has 0 N–H and O–H groups in total. The average Bonchev–Trinajstić information content (AvgIpc) is 2.68. The lowest BCUT2D eigenvalue weighted by Crippen LogP contribution is -2.46. The molecule has 1 saturated heterocycles. The lowest BCUT2D eigenvalue weighted by Gasteiger charge is -2.36. The van der Waals surface area contributed by atoms with Gasteiger partial charge in [-0.05, 0) is 29.8 Å². The Kier molecular flexibility index (Phi) is 4.53. The first-order valence-electron chi connectivity index (χ1n) is 9.09. The number of nitrogens with zero attached hydrogens (tertiary/aromatic N) is 5. The van der Waals surface area contributed by atoms with Crippen LogP contribution < -0.4 is 16.0 Å². The molecular weight excluding hydrogens is 342 g/mol. The van der Waals surface area contributed by atoms with Gasteiger partial charge in [0.05, 0.1) is 17.2 Å². The highest BCUT2D eigenvalue weighted by Crippen LogP contribution is 2.20. The van der Waals surface area contributed by atoms with E-state index in [-0.39, 0.29) is 11.1 Å². The summed E-state index contributed by atoms with van der Waals surface area (Å²) in [7, 11) is 3.48. The maximum Gasteiger partial charge on any atom is 0.260 e. The van der Waals surface area contributed by atoms with Crippen LogP contribution in [0.3, 0.4) is 0 Å². The molecule has 7 heteroatoms. The monoisotopic (exact) mass is 365 g/mol. The number of aryl methyl sites for hydroxylation is 2. The number of anilines is 1. The Bertz CT molecular complexity index is 1090. The number of pyridine rings is 1. The summed E-state index contributed by atoms with van der Waals surface area (Å²) < 4.78 is 3.08. The van der Waals surface area contributed by atoms with Gasteiger partial charge in [-0.1, -0.05) is 0 Å². The van der Waals surface area contributed by atoms with Gasteiger partial charge >= 0.3 is 0 Å². The van der Waals surface area contributed by atoms with Gasteiger partial charge in [0.25, 0.3) is 11.1 Å². The van der Waals surface area contributed by atoms with Gasteiger partial charge in [-0.25, -0.2) is 4.98 Å². The molecule has 0 aliphatic carbocycles. The smallest absolute Gasteiger partial charge is 0.260 e. The number of hydrogen-bond acceptors (Lipinski definition) is 5. The first-order valence-corrected chi connectivity index (χ1v) is 9.09. The molecule has 1 fully saturated rings. The van der Waals surface area contributed by atoms with E-state index in [4.69, 9.17) is 0 Å². The quantitative estimate of drug-likeness (QED) is 0.692. The minimum absolute atomic E-state index is 0.0228. The van der Waals surface area contributed by atoms with Gasteiger partial charge in [-0.3, -0.25) is 14.5 Å². The minimum Gasteiger partial charge on any atom is -0.369 e. The van der Waals surface area contributed by atoms with Crippen molar-refractivity contribution in [3.05, 3.63) is 69.1 Å². The standard InChI is InChI=1S/C20H23N5O2/c1-22-6-5-15(11-19(22)26)13-24-7-9-25(10-8-24)16-3-4-17-18(12-16)21-14-23(2)20(17)27/h3-6,11-12,14H,7-10,13H2,1-2H3. The molecule has 1 aliphatic rings. The second kappa shape index (κ2) is 7.00. The van der Waals surface area contributed by atoms with Gasteiger partial charge in [0.2, 0.25) is 0 Å². The molecule has 0 amide bonds. The van der Waals surface area contributed by atoms with Crippen LogP contribution in [-0.2, 0) is 20.6 Å². The Balaban J connectivity index is 1.45. The maximum absolute atomic E-state index is 12.2. The first-order chi connectivity index (χ1) is 13.0. The van der Waals surface area contributed by atoms with Crippen molar-refractivity contribution in [1.82, 2.24) is 19.0 Å². The number of hydrogen-bond donors (Lipinski definition) is 0. The van der Waals surface area contributed by atoms with E-state index in [1.54, 1.807) is 31.1 Å². The summed E-state index contributed by atoms with van der Waals surface area (Å²) in [5.41, 5.74) is 2.89. The van der Waals surface area contributed by atoms with Crippen LogP contribution in [0.1, 0.15) is 5.56 Å². The molecule has 0 saturated carbocycles. The van der Waals surface area contributed by atoms with Crippen molar-refractivity contribution in [2.45, 2.75) is 6.54 Å². The zero-order chi connectivity index (χ0) is 19.0. The largest absolute Gasteiger partial charge is 0.369 e. The van der Waals surface area contributed by atoms with E-state index in [1.807, 2.05) is 30.5 Å². The Labute approximate surface area is 157 Å². The van der Waals surface area contributed by atoms with Gasteiger partial charge in [-0.15, -0.1) is 0 Å². The van der Waals surface area contributed by atoms with Crippen molar-refractivity contribution in [2.24, 2.45) is 14.1 Å². The summed E-state index contributed by atoms with van der Waals surface area (Å²) >= 11 is 0. The van der Waals surface area contributed by atoms with E-state index in [0.717, 1.165) is 49.5 Å². The highest BCUT2D eigenvalue weighted by molar-refractivity contribution is 5.81. The minimum atomic E-state index is -0.0228. The highest BCUT2D eigenvalue weighted by atomic mass is 16.1. The number of benzene rings is 1. The second-order valence-electron chi connectivity index (χ2n) is 7.11. The van der Waals surface area contributed by atoms with E-state index in [1.165, 1.54) is 4.57 Å². The summed E-state index contributed by atoms with van der Waals surface area (Å²) in [6, 6.07) is 9.58. The summed E-state index contributed by atoms with van der Waals surface area (Å²) in [5, 5.41) is 0.646. The topological polar surface area (TPSA) is 63.4 Å². The lowest BCUT2D eigenvalue weighted by molar-refractivity contribution is 0.249. The molecule has 3 heterocycles. The molecule has 0 spiro atoms. The maximum atomic E-state index is 12.2. The van der Waals surface area contributed by atoms with Crippen LogP contribution in [0, 0.1) is 0 Å². The van der Waals surface area contributed by atoms with Crippen LogP contribution in [0.25, 0.3) is 10.9 Å². The predicted octanol–water partition coefficient (Wildman–Crippen LogP) is 0.954. The Hall–Kier alpha value is -2.93. The molecule has 27 heavy (non-hydrogen) atoms. The third-order valence-electron chi connectivity index (χ3n) is 5.21. The first kappa shape index (κ1) is 17.5. The molecule has 0 radical (unpaired) electrons. The van der Waals surface area contributed by atoms with Crippen LogP contribution in [0.5, 0.6) is 0 Å². The van der Waals surface area contributed by atoms with E-state index in [0.29, 0.717) is 5.39 Å². The fourth-order valence-electron chi connectivity index (χ4n) is 3.51. The molecular formula is C20H23N5O2. The summed E-state index contributed by atoms with van der Waals surface area (Å²) in [6.07, 6.45) is 3.39. The molecule has 1 aliphatic heterocycles. The van der Waals surface area contributed by atoms with Gasteiger partial charge in [0.15, 0.2) is 0 Å². The van der Waals surface area contributed by atoms with Crippen LogP contribution >= 0.6 is 0 Å². The van der Waals surface area contributed by atoms with E-state index >= 15 is 0 Å². The van der Waals surface area contributed by atoms with Crippen LogP contribution in [-0.4, -0.2) is 45.2 Å². The molecule has 4 rings (SSSR count). The third kappa shape index (κ3) is 3.50. The number of rotatable bonds is 3. The fraction of sp³-hybridized carbons (Fsp3) is 0.350. The van der Waals surface area contributed by atoms with E-state index < -0.39 is 0 Å². The van der Waals surface area contributed by atoms with Gasteiger partial charge in [0.1, 0.15) is 0 Å². The van der Waals surface area contributed by atoms with Crippen molar-refractivity contribution >= 4 is 16.6 Å². The van der Waals surface area contributed by atoms with Crippen LogP contribution in [0.2, 0.25) is 0 Å². The Morgan fingerprint density at radius 1 is 0.963 bits per heavy atom. The number of aromatic nitrogens is 3. The lowest BCUT2D eigenvalue weighted by atomic mass is 10.1. The SMILES string of the molecule is Cn1ccc(CN2CCN(c3ccc4c(=O)n(C)cnc4c3)CC2)cc1=O. The van der Waals surface area contributed by atoms with Crippen molar-refractivity contribution < 1.29 is 0 Å². The van der Waals surface area contributed by atoms with Crippen molar-refractivity contribution in [3.8, 4) is 0 Å². The summed E-state index contributed by atoms with van der Waals surface area (Å²) in [6.45, 7) is 4.45. The molecule has 1 aromatic carbocycles. The second-order valence-corrected chi connectivity index (χ2v) is 7.11. The Morgan fingerprint density at radius 3 is 2.48 bits per heavy atom. The normalized spacial score (nSPS) is 15.4. The fourth-order valence-corrected chi connectivity index (χ4v) is 3.51. The molecule has 0 bridgehead atoms. The van der Waals surface area contributed by atoms with E-state index in [9.17, 15) is 9.59 Å². The summed E-state index contributed by atoms with van der Waals surface area (Å²) in [5.74, 6) is 0. The van der Waals surface area contributed by atoms with Gasteiger partial charge < -0.3 is 14.0 Å². The molecule has 0 unspecified atom stereocenters. The third-order valence-corrected chi connectivity index (χ3v) is 5.21. The van der Waals surface area contributed by atoms with Gasteiger partial charge in [0, 0.05) is 64.8 Å². The molecule has 140 valence electrons. The average molecular weight is 365 g/mol. The summed E-state index contributed by atoms with van der Waals surface area (Å²) in [4.78, 5) is 33.0. The van der Waals surface area contributed by atoms with Crippen LogP contribution in [0.4, 0.5) is 5.69 Å². The zero-order valence-corrected chi connectivity index (χ0v) is 15.6. The number of piperazine rings is 1. The zero-order valence-electron chi connectivity index (χ0n) is 15.6. The molecule has 3 aromatic rings. The molecule has 2 aromatic heterocycles. The van der Waals surface area contributed by atoms with Gasteiger partial charge in [-0.2, -0.15) is 0 Å². The van der Waals surface area contributed by atoms with E-state index in [2.05, 4.69) is 14.8 Å². The molecule has 0 atom stereocenters. The predicted molar refractivity (Wildman–Crippen MR) is 106 cm³/mol. The van der Waals surface area contributed by atoms with Crippen LogP contribution in [0.15, 0.2) is 52.4 Å².